The molecule has 0 radical (unpaired) electrons. The summed E-state index contributed by atoms with van der Waals surface area (Å²) < 4.78 is 6.05. The van der Waals surface area contributed by atoms with Crippen molar-refractivity contribution >= 4 is 34.6 Å². The smallest absolute Gasteiger partial charge is 0.220 e. The van der Waals surface area contributed by atoms with Crippen molar-refractivity contribution in [3.63, 3.8) is 0 Å². The fourth-order valence-corrected chi connectivity index (χ4v) is 4.35. The molecule has 1 N–H and O–H groups in total. The quantitative estimate of drug-likeness (QED) is 0.659. The van der Waals surface area contributed by atoms with Crippen LogP contribution in [-0.2, 0) is 9.53 Å². The van der Waals surface area contributed by atoms with Gasteiger partial charge in [-0.25, -0.2) is 0 Å². The van der Waals surface area contributed by atoms with Gasteiger partial charge in [-0.2, -0.15) is 0 Å². The van der Waals surface area contributed by atoms with Gasteiger partial charge in [0.2, 0.25) is 5.91 Å². The summed E-state index contributed by atoms with van der Waals surface area (Å²) in [4.78, 5) is 27.4. The summed E-state index contributed by atoms with van der Waals surface area (Å²) in [5.41, 5.74) is 2.38. The maximum Gasteiger partial charge on any atom is 0.220 e. The molecular formula is C21H25ClN2O3S. The molecule has 0 aliphatic carbocycles. The van der Waals surface area contributed by atoms with E-state index in [-0.39, 0.29) is 30.6 Å². The number of benzene rings is 1. The monoisotopic (exact) mass is 420 g/mol. The molecule has 2 heterocycles. The number of halogens is 1. The van der Waals surface area contributed by atoms with E-state index in [0.717, 1.165) is 13.1 Å². The number of aryl methyl sites for hydroxylation is 1. The van der Waals surface area contributed by atoms with Gasteiger partial charge in [0.1, 0.15) is 0 Å². The van der Waals surface area contributed by atoms with E-state index in [9.17, 15) is 9.59 Å². The molecule has 1 aromatic carbocycles. The number of thiophene rings is 1. The summed E-state index contributed by atoms with van der Waals surface area (Å²) in [6.07, 6.45) is 0.368. The number of morpholine rings is 1. The first-order valence-electron chi connectivity index (χ1n) is 9.46. The van der Waals surface area contributed by atoms with Crippen molar-refractivity contribution < 1.29 is 14.3 Å². The molecule has 5 nitrogen and oxygen atoms in total. The maximum atomic E-state index is 12.3. The first kappa shape index (κ1) is 21.0. The SMILES string of the molecule is Cc1cccc(C(CNC(=O)CCC(=O)c2ccc(Cl)s2)N2CCOCC2)c1. The van der Waals surface area contributed by atoms with Crippen LogP contribution in [0.1, 0.15) is 39.7 Å². The number of ether oxygens (including phenoxy) is 1. The third-order valence-electron chi connectivity index (χ3n) is 4.83. The van der Waals surface area contributed by atoms with Crippen LogP contribution >= 0.6 is 22.9 Å². The van der Waals surface area contributed by atoms with Gasteiger partial charge >= 0.3 is 0 Å². The lowest BCUT2D eigenvalue weighted by Crippen LogP contribution is -2.43. The van der Waals surface area contributed by atoms with E-state index in [1.165, 1.54) is 22.5 Å². The molecule has 1 saturated heterocycles. The van der Waals surface area contributed by atoms with Crippen LogP contribution in [-0.4, -0.2) is 49.4 Å². The van der Waals surface area contributed by atoms with Crippen molar-refractivity contribution in [2.75, 3.05) is 32.8 Å². The number of nitrogens with one attached hydrogen (secondary N) is 1. The first-order chi connectivity index (χ1) is 13.5. The van der Waals surface area contributed by atoms with Crippen molar-refractivity contribution in [3.8, 4) is 0 Å². The summed E-state index contributed by atoms with van der Waals surface area (Å²) in [5.74, 6) is -0.155. The third kappa shape index (κ3) is 5.88. The minimum absolute atomic E-state index is 0.0459. The lowest BCUT2D eigenvalue weighted by molar-refractivity contribution is -0.121. The largest absolute Gasteiger partial charge is 0.379 e. The average molecular weight is 421 g/mol. The second kappa shape index (κ2) is 10.2. The van der Waals surface area contributed by atoms with Crippen molar-refractivity contribution in [3.05, 3.63) is 56.7 Å². The summed E-state index contributed by atoms with van der Waals surface area (Å²) in [6, 6.07) is 11.9. The van der Waals surface area contributed by atoms with E-state index in [2.05, 4.69) is 35.3 Å². The first-order valence-corrected chi connectivity index (χ1v) is 10.7. The van der Waals surface area contributed by atoms with Gasteiger partial charge in [0.25, 0.3) is 0 Å². The fraction of sp³-hybridized carbons (Fsp3) is 0.429. The van der Waals surface area contributed by atoms with Crippen molar-refractivity contribution in [1.29, 1.82) is 0 Å². The van der Waals surface area contributed by atoms with E-state index in [4.69, 9.17) is 16.3 Å². The Morgan fingerprint density at radius 1 is 1.21 bits per heavy atom. The molecule has 1 unspecified atom stereocenters. The van der Waals surface area contributed by atoms with Crippen LogP contribution in [0.3, 0.4) is 0 Å². The summed E-state index contributed by atoms with van der Waals surface area (Å²) >= 11 is 7.12. The zero-order chi connectivity index (χ0) is 19.9. The van der Waals surface area contributed by atoms with Gasteiger partial charge in [0.15, 0.2) is 5.78 Å². The number of hydrogen-bond donors (Lipinski definition) is 1. The van der Waals surface area contributed by atoms with Crippen LogP contribution in [0.25, 0.3) is 0 Å². The molecule has 0 spiro atoms. The molecule has 1 aliphatic rings. The Balaban J connectivity index is 1.56. The Hall–Kier alpha value is -1.73. The highest BCUT2D eigenvalue weighted by molar-refractivity contribution is 7.18. The molecule has 7 heteroatoms. The molecule has 0 saturated carbocycles. The highest BCUT2D eigenvalue weighted by Gasteiger charge is 2.23. The fourth-order valence-electron chi connectivity index (χ4n) is 3.34. The molecule has 1 amide bonds. The summed E-state index contributed by atoms with van der Waals surface area (Å²) in [6.45, 7) is 5.67. The number of carbonyl (C=O) groups is 2. The number of carbonyl (C=O) groups excluding carboxylic acids is 2. The molecule has 28 heavy (non-hydrogen) atoms. The van der Waals surface area contributed by atoms with Crippen molar-refractivity contribution in [2.45, 2.75) is 25.8 Å². The number of ketones is 1. The zero-order valence-electron chi connectivity index (χ0n) is 15.9. The van der Waals surface area contributed by atoms with Gasteiger partial charge in [0, 0.05) is 32.5 Å². The maximum absolute atomic E-state index is 12.3. The number of amides is 1. The highest BCUT2D eigenvalue weighted by Crippen LogP contribution is 2.24. The number of hydrogen-bond acceptors (Lipinski definition) is 5. The van der Waals surface area contributed by atoms with Crippen molar-refractivity contribution in [1.82, 2.24) is 10.2 Å². The van der Waals surface area contributed by atoms with E-state index >= 15 is 0 Å². The number of nitrogens with zero attached hydrogens (tertiary/aromatic N) is 1. The van der Waals surface area contributed by atoms with Gasteiger partial charge in [-0.1, -0.05) is 41.4 Å². The summed E-state index contributed by atoms with van der Waals surface area (Å²) in [7, 11) is 0. The predicted molar refractivity (Wildman–Crippen MR) is 112 cm³/mol. The van der Waals surface area contributed by atoms with Gasteiger partial charge in [-0.05, 0) is 24.6 Å². The van der Waals surface area contributed by atoms with Gasteiger partial charge in [0.05, 0.1) is 28.5 Å². The van der Waals surface area contributed by atoms with E-state index in [0.29, 0.717) is 29.0 Å². The van der Waals surface area contributed by atoms with E-state index in [1.54, 1.807) is 12.1 Å². The van der Waals surface area contributed by atoms with Crippen LogP contribution in [0.4, 0.5) is 0 Å². The predicted octanol–water partition coefficient (Wildman–Crippen LogP) is 3.86. The van der Waals surface area contributed by atoms with E-state index in [1.807, 2.05) is 6.07 Å². The van der Waals surface area contributed by atoms with Gasteiger partial charge in [-0.3, -0.25) is 14.5 Å². The topological polar surface area (TPSA) is 58.6 Å². The van der Waals surface area contributed by atoms with Crippen LogP contribution in [0.15, 0.2) is 36.4 Å². The van der Waals surface area contributed by atoms with Crippen LogP contribution < -0.4 is 5.32 Å². The molecule has 2 aromatic rings. The van der Waals surface area contributed by atoms with E-state index < -0.39 is 0 Å². The Bertz CT molecular complexity index is 817. The second-order valence-electron chi connectivity index (χ2n) is 6.91. The molecule has 1 aromatic heterocycles. The third-order valence-corrected chi connectivity index (χ3v) is 6.11. The summed E-state index contributed by atoms with van der Waals surface area (Å²) in [5, 5.41) is 3.01. The Labute approximate surface area is 174 Å². The van der Waals surface area contributed by atoms with Crippen LogP contribution in [0.2, 0.25) is 4.34 Å². The standard InChI is InChI=1S/C21H25ClN2O3S/c1-15-3-2-4-16(13-15)17(24-9-11-27-12-10-24)14-23-21(26)8-5-18(25)19-6-7-20(22)28-19/h2-4,6-7,13,17H,5,8-12,14H2,1H3,(H,23,26). The molecule has 1 aliphatic heterocycles. The molecular weight excluding hydrogens is 396 g/mol. The molecule has 3 rings (SSSR count). The van der Waals surface area contributed by atoms with Crippen molar-refractivity contribution in [2.24, 2.45) is 0 Å². The van der Waals surface area contributed by atoms with Gasteiger partial charge in [-0.15, -0.1) is 11.3 Å². The molecule has 1 fully saturated rings. The van der Waals surface area contributed by atoms with Gasteiger partial charge < -0.3 is 10.1 Å². The normalized spacial score (nSPS) is 15.9. The minimum atomic E-state index is -0.109. The second-order valence-corrected chi connectivity index (χ2v) is 8.62. The molecule has 0 bridgehead atoms. The molecule has 150 valence electrons. The van der Waals surface area contributed by atoms with Crippen LogP contribution in [0, 0.1) is 6.92 Å². The Morgan fingerprint density at radius 3 is 2.68 bits per heavy atom. The lowest BCUT2D eigenvalue weighted by Gasteiger charge is -2.35. The lowest BCUT2D eigenvalue weighted by atomic mass is 10.0. The zero-order valence-corrected chi connectivity index (χ0v) is 17.5. The Morgan fingerprint density at radius 2 is 2.00 bits per heavy atom. The Kier molecular flexibility index (Phi) is 7.62. The average Bonchev–Trinajstić information content (AvgIpc) is 3.14. The number of Topliss-reactive ketones (excluding diaryl/α,β-unsaturated/α-hetero) is 1. The van der Waals surface area contributed by atoms with Crippen LogP contribution in [0.5, 0.6) is 0 Å². The molecule has 1 atom stereocenters. The number of rotatable bonds is 8. The highest BCUT2D eigenvalue weighted by atomic mass is 35.5. The minimum Gasteiger partial charge on any atom is -0.379 e.